The van der Waals surface area contributed by atoms with Crippen molar-refractivity contribution in [1.82, 2.24) is 4.57 Å². The van der Waals surface area contributed by atoms with Crippen LogP contribution in [0.3, 0.4) is 0 Å². The van der Waals surface area contributed by atoms with Gasteiger partial charge in [-0.2, -0.15) is 18.1 Å². The Balaban J connectivity index is 1.82. The van der Waals surface area contributed by atoms with Gasteiger partial charge in [-0.15, -0.1) is 11.8 Å². The third kappa shape index (κ3) is 4.97. The fourth-order valence-corrected chi connectivity index (χ4v) is 6.79. The molecule has 0 saturated heterocycles. The molecule has 2 heterocycles. The first-order valence-electron chi connectivity index (χ1n) is 12.6. The van der Waals surface area contributed by atoms with Gasteiger partial charge in [-0.3, -0.25) is 9.36 Å². The lowest BCUT2D eigenvalue weighted by Crippen LogP contribution is -2.30. The highest BCUT2D eigenvalue weighted by molar-refractivity contribution is 7.99. The van der Waals surface area contributed by atoms with E-state index in [1.165, 1.54) is 50.4 Å². The second-order valence-electron chi connectivity index (χ2n) is 9.67. The number of aromatic nitrogens is 1. The van der Waals surface area contributed by atoms with Gasteiger partial charge in [-0.1, -0.05) is 41.6 Å². The molecule has 2 atom stereocenters. The van der Waals surface area contributed by atoms with Crippen LogP contribution in [0, 0.1) is 29.3 Å². The molecule has 0 amide bonds. The molecule has 0 aliphatic carbocycles. The Kier molecular flexibility index (Phi) is 7.93. The zero-order valence-electron chi connectivity index (χ0n) is 22.1. The lowest BCUT2D eigenvalue weighted by molar-refractivity contribution is -0.138. The van der Waals surface area contributed by atoms with Crippen molar-refractivity contribution in [2.75, 3.05) is 12.9 Å². The van der Waals surface area contributed by atoms with Gasteiger partial charge in [0.05, 0.1) is 29.3 Å². The maximum atomic E-state index is 15.5. The number of alkyl halides is 3. The van der Waals surface area contributed by atoms with Crippen LogP contribution in [0.5, 0.6) is 5.75 Å². The molecule has 1 aliphatic heterocycles. The van der Waals surface area contributed by atoms with Crippen molar-refractivity contribution in [2.24, 2.45) is 5.18 Å². The van der Waals surface area contributed by atoms with E-state index in [-0.39, 0.29) is 44.3 Å². The third-order valence-corrected chi connectivity index (χ3v) is 8.62. The average Bonchev–Trinajstić information content (AvgIpc) is 3.38. The second kappa shape index (κ2) is 11.3. The predicted molar refractivity (Wildman–Crippen MR) is 146 cm³/mol. The molecule has 2 unspecified atom stereocenters. The van der Waals surface area contributed by atoms with Crippen LogP contribution in [0.4, 0.5) is 26.3 Å². The molecular formula is C30H22F6N2O3S. The van der Waals surface area contributed by atoms with E-state index in [1.54, 1.807) is 0 Å². The molecule has 1 aliphatic rings. The molecule has 0 spiro atoms. The highest BCUT2D eigenvalue weighted by atomic mass is 32.2. The Morgan fingerprint density at radius 2 is 1.69 bits per heavy atom. The summed E-state index contributed by atoms with van der Waals surface area (Å²) in [7, 11) is 1.23. The van der Waals surface area contributed by atoms with Gasteiger partial charge in [0, 0.05) is 28.9 Å². The molecule has 218 valence electrons. The zero-order valence-corrected chi connectivity index (χ0v) is 23.0. The van der Waals surface area contributed by atoms with Crippen LogP contribution in [-0.4, -0.2) is 17.4 Å². The summed E-state index contributed by atoms with van der Waals surface area (Å²) in [6, 6.07) is 9.62. The van der Waals surface area contributed by atoms with Gasteiger partial charge in [0.15, 0.2) is 11.6 Å². The van der Waals surface area contributed by atoms with Crippen LogP contribution in [0.15, 0.2) is 75.7 Å². The summed E-state index contributed by atoms with van der Waals surface area (Å²) in [5.74, 6) is -2.89. The summed E-state index contributed by atoms with van der Waals surface area (Å²) in [5, 5.41) is 3.28. The molecule has 0 bridgehead atoms. The highest BCUT2D eigenvalue weighted by Crippen LogP contribution is 2.46. The van der Waals surface area contributed by atoms with Crippen LogP contribution in [-0.2, 0) is 12.6 Å². The summed E-state index contributed by atoms with van der Waals surface area (Å²) >= 11 is 1.05. The normalized spacial score (nSPS) is 15.4. The average molecular weight is 605 g/mol. The maximum absolute atomic E-state index is 15.5. The highest BCUT2D eigenvalue weighted by Gasteiger charge is 2.39. The number of rotatable bonds is 7. The Labute approximate surface area is 240 Å². The number of nitrogens with zero attached hydrogens (tertiary/aromatic N) is 2. The smallest absolute Gasteiger partial charge is 0.416 e. The van der Waals surface area contributed by atoms with Gasteiger partial charge in [0.2, 0.25) is 0 Å². The van der Waals surface area contributed by atoms with Crippen molar-refractivity contribution in [3.63, 3.8) is 0 Å². The Morgan fingerprint density at radius 3 is 2.36 bits per heavy atom. The quantitative estimate of drug-likeness (QED) is 0.158. The third-order valence-electron chi connectivity index (χ3n) is 7.39. The minimum atomic E-state index is -4.88. The van der Waals surface area contributed by atoms with Crippen molar-refractivity contribution in [3.05, 3.63) is 121 Å². The Bertz CT molecular complexity index is 1750. The topological polar surface area (TPSA) is 60.7 Å². The molecule has 12 heteroatoms. The number of halogens is 6. The van der Waals surface area contributed by atoms with E-state index in [2.05, 4.69) is 5.18 Å². The Hall–Kier alpha value is -4.06. The van der Waals surface area contributed by atoms with Gasteiger partial charge in [-0.25, -0.2) is 13.2 Å². The molecule has 4 aromatic rings. The minimum Gasteiger partial charge on any atom is -0.494 e. The molecule has 5 rings (SSSR count). The van der Waals surface area contributed by atoms with E-state index < -0.39 is 58.8 Å². The SMILES string of the molecule is COc1cccc(-c2c(C)c(Cc3c(F)cccc3C(F)(F)F)c3n(c2=O)C(C(N=O)c2ccccc2F)CS3)c1F. The predicted octanol–water partition coefficient (Wildman–Crippen LogP) is 8.01. The molecule has 3 aromatic carbocycles. The standard InChI is InChI=1S/C30H22F6N2O3S/c1-15-18(13-19-20(30(34,35)36)9-6-11-22(19)32)29-38(28(39)25(15)17-8-5-12-24(41-2)26(17)33)23(14-42-29)27(37-40)16-7-3-4-10-21(16)31/h3-12,23,27H,13-14H2,1-2H3. The minimum absolute atomic E-state index is 0.0276. The van der Waals surface area contributed by atoms with Gasteiger partial charge in [-0.05, 0) is 42.3 Å². The Morgan fingerprint density at radius 1 is 1.00 bits per heavy atom. The van der Waals surface area contributed by atoms with Crippen molar-refractivity contribution < 1.29 is 31.1 Å². The van der Waals surface area contributed by atoms with Gasteiger partial charge < -0.3 is 4.74 Å². The van der Waals surface area contributed by atoms with Gasteiger partial charge in [0.25, 0.3) is 5.56 Å². The summed E-state index contributed by atoms with van der Waals surface area (Å²) in [6.07, 6.45) is -5.48. The number of methoxy groups -OCH3 is 1. The van der Waals surface area contributed by atoms with Crippen molar-refractivity contribution in [2.45, 2.75) is 36.6 Å². The number of hydrogen-bond donors (Lipinski definition) is 0. The summed E-state index contributed by atoms with van der Waals surface area (Å²) in [4.78, 5) is 26.2. The first-order chi connectivity index (χ1) is 20.0. The summed E-state index contributed by atoms with van der Waals surface area (Å²) in [5.41, 5.74) is -2.84. The van der Waals surface area contributed by atoms with E-state index in [0.717, 1.165) is 40.6 Å². The number of nitroso groups, excluding NO2 is 1. The first kappa shape index (κ1) is 29.4. The lowest BCUT2D eigenvalue weighted by Gasteiger charge is -2.24. The number of pyridine rings is 1. The first-order valence-corrected chi connectivity index (χ1v) is 13.6. The number of ether oxygens (including phenoxy) is 1. The number of thioether (sulfide) groups is 1. The number of fused-ring (bicyclic) bond motifs is 1. The molecular weight excluding hydrogens is 582 g/mol. The zero-order chi connectivity index (χ0) is 30.3. The van der Waals surface area contributed by atoms with Crippen molar-refractivity contribution in [1.29, 1.82) is 0 Å². The molecule has 5 nitrogen and oxygen atoms in total. The van der Waals surface area contributed by atoms with Crippen molar-refractivity contribution >= 4 is 11.8 Å². The molecule has 0 fully saturated rings. The largest absolute Gasteiger partial charge is 0.494 e. The van der Waals surface area contributed by atoms with E-state index in [9.17, 15) is 31.7 Å². The van der Waals surface area contributed by atoms with E-state index >= 15 is 4.39 Å². The molecule has 1 aromatic heterocycles. The lowest BCUT2D eigenvalue weighted by atomic mass is 9.91. The van der Waals surface area contributed by atoms with Crippen LogP contribution >= 0.6 is 11.8 Å². The van der Waals surface area contributed by atoms with Crippen LogP contribution < -0.4 is 10.3 Å². The molecule has 0 N–H and O–H groups in total. The molecule has 0 saturated carbocycles. The fourth-order valence-electron chi connectivity index (χ4n) is 5.38. The summed E-state index contributed by atoms with van der Waals surface area (Å²) < 4.78 is 93.3. The van der Waals surface area contributed by atoms with E-state index in [1.807, 2.05) is 0 Å². The van der Waals surface area contributed by atoms with Crippen molar-refractivity contribution in [3.8, 4) is 16.9 Å². The van der Waals surface area contributed by atoms with E-state index in [4.69, 9.17) is 4.74 Å². The molecule has 0 radical (unpaired) electrons. The van der Waals surface area contributed by atoms with Crippen LogP contribution in [0.25, 0.3) is 11.1 Å². The maximum Gasteiger partial charge on any atom is 0.416 e. The second-order valence-corrected chi connectivity index (χ2v) is 10.7. The van der Waals surface area contributed by atoms with Crippen LogP contribution in [0.2, 0.25) is 0 Å². The van der Waals surface area contributed by atoms with Crippen LogP contribution in [0.1, 0.15) is 39.9 Å². The van der Waals surface area contributed by atoms with Gasteiger partial charge in [0.1, 0.15) is 17.7 Å². The number of hydrogen-bond acceptors (Lipinski definition) is 5. The summed E-state index contributed by atoms with van der Waals surface area (Å²) in [6.45, 7) is 1.44. The fraction of sp³-hybridized carbons (Fsp3) is 0.233. The van der Waals surface area contributed by atoms with Gasteiger partial charge >= 0.3 is 6.18 Å². The monoisotopic (exact) mass is 604 g/mol. The van der Waals surface area contributed by atoms with E-state index in [0.29, 0.717) is 0 Å². The number of benzene rings is 3. The molecule has 42 heavy (non-hydrogen) atoms.